The van der Waals surface area contributed by atoms with E-state index in [1.165, 1.54) is 17.0 Å². The molecule has 0 saturated heterocycles. The lowest BCUT2D eigenvalue weighted by atomic mass is 9.97. The third-order valence-electron chi connectivity index (χ3n) is 2.84. The molecule has 21 heavy (non-hydrogen) atoms. The molecule has 1 heterocycles. The lowest BCUT2D eigenvalue weighted by Gasteiger charge is -2.26. The average Bonchev–Trinajstić information content (AvgIpc) is 2.88. The second-order valence-corrected chi connectivity index (χ2v) is 4.84. The molecule has 0 amide bonds. The van der Waals surface area contributed by atoms with Crippen molar-refractivity contribution in [3.05, 3.63) is 22.5 Å². The van der Waals surface area contributed by atoms with Crippen LogP contribution in [0, 0.1) is 10.1 Å². The number of aromatic nitrogens is 2. The molecule has 0 bridgehead atoms. The van der Waals surface area contributed by atoms with Crippen LogP contribution in [0.5, 0.6) is 0 Å². The van der Waals surface area contributed by atoms with Gasteiger partial charge in [-0.25, -0.2) is 4.57 Å². The van der Waals surface area contributed by atoms with Gasteiger partial charge in [-0.1, -0.05) is 10.1 Å². The molecule has 0 aliphatic carbocycles. The number of hydrogen-bond acceptors (Lipinski definition) is 8. The Morgan fingerprint density at radius 1 is 1.71 bits per heavy atom. The zero-order valence-corrected chi connectivity index (χ0v) is 12.0. The van der Waals surface area contributed by atoms with Crippen molar-refractivity contribution in [2.24, 2.45) is 10.9 Å². The molecule has 0 aliphatic rings. The highest BCUT2D eigenvalue weighted by molar-refractivity contribution is 5.92. The highest BCUT2D eigenvalue weighted by Gasteiger charge is 2.27. The SMILES string of the molecule is CC(C)(NOCCN)C(CCn1ccnc1[N+](=O)[O-])=NO. The third kappa shape index (κ3) is 4.77. The maximum atomic E-state index is 10.8. The van der Waals surface area contributed by atoms with Gasteiger partial charge in [-0.3, -0.25) is 4.84 Å². The summed E-state index contributed by atoms with van der Waals surface area (Å²) in [6.07, 6.45) is 3.14. The first kappa shape index (κ1) is 17.0. The van der Waals surface area contributed by atoms with Crippen molar-refractivity contribution in [1.82, 2.24) is 15.0 Å². The topological polar surface area (TPSA) is 141 Å². The van der Waals surface area contributed by atoms with Gasteiger partial charge in [-0.05, 0) is 18.8 Å². The van der Waals surface area contributed by atoms with E-state index in [4.69, 9.17) is 15.8 Å². The summed E-state index contributed by atoms with van der Waals surface area (Å²) in [6.45, 7) is 4.46. The van der Waals surface area contributed by atoms with Crippen molar-refractivity contribution in [3.63, 3.8) is 0 Å². The number of nitrogens with two attached hydrogens (primary N) is 1. The van der Waals surface area contributed by atoms with E-state index in [1.807, 2.05) is 0 Å². The van der Waals surface area contributed by atoms with E-state index in [1.54, 1.807) is 13.8 Å². The van der Waals surface area contributed by atoms with Gasteiger partial charge in [0.2, 0.25) is 0 Å². The number of nitrogens with zero attached hydrogens (tertiary/aromatic N) is 4. The molecule has 10 heteroatoms. The maximum absolute atomic E-state index is 10.8. The number of hydrogen-bond donors (Lipinski definition) is 3. The number of nitro groups is 1. The Hall–Kier alpha value is -2.04. The second-order valence-electron chi connectivity index (χ2n) is 4.84. The molecular weight excluding hydrogens is 280 g/mol. The average molecular weight is 300 g/mol. The molecule has 10 nitrogen and oxygen atoms in total. The van der Waals surface area contributed by atoms with Crippen LogP contribution in [0.3, 0.4) is 0 Å². The summed E-state index contributed by atoms with van der Waals surface area (Å²) in [4.78, 5) is 19.0. The first-order valence-corrected chi connectivity index (χ1v) is 6.38. The largest absolute Gasteiger partial charge is 0.434 e. The predicted octanol–water partition coefficient (Wildman–Crippen LogP) is 0.270. The number of nitrogens with one attached hydrogen (secondary N) is 1. The summed E-state index contributed by atoms with van der Waals surface area (Å²) in [5.41, 5.74) is 7.72. The Bertz CT molecular complexity index is 499. The molecule has 0 saturated carbocycles. The number of imidazole rings is 1. The minimum atomic E-state index is -0.737. The van der Waals surface area contributed by atoms with Crippen LogP contribution in [-0.2, 0) is 11.4 Å². The molecule has 0 aromatic carbocycles. The van der Waals surface area contributed by atoms with Crippen molar-refractivity contribution < 1.29 is 15.0 Å². The number of rotatable bonds is 9. The van der Waals surface area contributed by atoms with E-state index in [9.17, 15) is 10.1 Å². The van der Waals surface area contributed by atoms with Crippen LogP contribution in [0.4, 0.5) is 5.95 Å². The van der Waals surface area contributed by atoms with Gasteiger partial charge < -0.3 is 21.1 Å². The summed E-state index contributed by atoms with van der Waals surface area (Å²) in [7, 11) is 0. The fourth-order valence-corrected chi connectivity index (χ4v) is 1.71. The quantitative estimate of drug-likeness (QED) is 0.195. The van der Waals surface area contributed by atoms with Gasteiger partial charge in [-0.2, -0.15) is 5.48 Å². The van der Waals surface area contributed by atoms with Crippen LogP contribution in [-0.4, -0.2) is 44.1 Å². The van der Waals surface area contributed by atoms with E-state index in [0.717, 1.165) is 0 Å². The molecule has 1 rings (SSSR count). The van der Waals surface area contributed by atoms with E-state index in [-0.39, 0.29) is 12.5 Å². The molecule has 4 N–H and O–H groups in total. The number of oxime groups is 1. The highest BCUT2D eigenvalue weighted by Crippen LogP contribution is 2.13. The fraction of sp³-hybridized carbons (Fsp3) is 0.636. The van der Waals surface area contributed by atoms with Crippen LogP contribution in [0.15, 0.2) is 17.5 Å². The van der Waals surface area contributed by atoms with Crippen LogP contribution >= 0.6 is 0 Å². The van der Waals surface area contributed by atoms with E-state index in [0.29, 0.717) is 25.3 Å². The predicted molar refractivity (Wildman–Crippen MR) is 74.9 cm³/mol. The fourth-order valence-electron chi connectivity index (χ4n) is 1.71. The second kappa shape index (κ2) is 7.67. The lowest BCUT2D eigenvalue weighted by Crippen LogP contribution is -2.47. The summed E-state index contributed by atoms with van der Waals surface area (Å²) >= 11 is 0. The highest BCUT2D eigenvalue weighted by atomic mass is 16.6. The molecule has 0 radical (unpaired) electrons. The van der Waals surface area contributed by atoms with Crippen molar-refractivity contribution in [2.45, 2.75) is 32.4 Å². The zero-order valence-electron chi connectivity index (χ0n) is 12.0. The van der Waals surface area contributed by atoms with Crippen LogP contribution in [0.25, 0.3) is 0 Å². The molecule has 0 atom stereocenters. The smallest absolute Gasteiger partial charge is 0.411 e. The summed E-state index contributed by atoms with van der Waals surface area (Å²) in [5, 5.41) is 23.2. The van der Waals surface area contributed by atoms with Gasteiger partial charge in [0.1, 0.15) is 12.4 Å². The molecule has 0 spiro atoms. The first-order valence-electron chi connectivity index (χ1n) is 6.38. The van der Waals surface area contributed by atoms with E-state index >= 15 is 0 Å². The van der Waals surface area contributed by atoms with Crippen LogP contribution < -0.4 is 11.2 Å². The van der Waals surface area contributed by atoms with Crippen LogP contribution in [0.2, 0.25) is 0 Å². The normalized spacial score (nSPS) is 12.6. The Balaban J connectivity index is 2.66. The Morgan fingerprint density at radius 2 is 2.43 bits per heavy atom. The Labute approximate surface area is 121 Å². The zero-order chi connectivity index (χ0) is 15.9. The van der Waals surface area contributed by atoms with Gasteiger partial charge in [-0.15, -0.1) is 0 Å². The maximum Gasteiger partial charge on any atom is 0.434 e. The van der Waals surface area contributed by atoms with Crippen molar-refractivity contribution in [3.8, 4) is 0 Å². The van der Waals surface area contributed by atoms with Crippen LogP contribution in [0.1, 0.15) is 20.3 Å². The molecule has 0 unspecified atom stereocenters. The van der Waals surface area contributed by atoms with Gasteiger partial charge in [0, 0.05) is 13.0 Å². The molecule has 0 aliphatic heterocycles. The molecule has 1 aromatic heterocycles. The number of aryl methyl sites for hydroxylation is 1. The number of hydroxylamine groups is 1. The van der Waals surface area contributed by atoms with Gasteiger partial charge in [0.25, 0.3) is 0 Å². The van der Waals surface area contributed by atoms with E-state index < -0.39 is 10.5 Å². The van der Waals surface area contributed by atoms with Gasteiger partial charge >= 0.3 is 5.95 Å². The Kier molecular flexibility index (Phi) is 6.21. The first-order chi connectivity index (χ1) is 9.92. The van der Waals surface area contributed by atoms with Crippen molar-refractivity contribution in [1.29, 1.82) is 0 Å². The summed E-state index contributed by atoms with van der Waals surface area (Å²) in [6, 6.07) is 0. The molecule has 0 fully saturated rings. The van der Waals surface area contributed by atoms with Gasteiger partial charge in [0.05, 0.1) is 24.4 Å². The molecule has 118 valence electrons. The third-order valence-corrected chi connectivity index (χ3v) is 2.84. The van der Waals surface area contributed by atoms with E-state index in [2.05, 4.69) is 15.6 Å². The Morgan fingerprint density at radius 3 is 3.00 bits per heavy atom. The van der Waals surface area contributed by atoms with Gasteiger partial charge in [0.15, 0.2) is 0 Å². The lowest BCUT2D eigenvalue weighted by molar-refractivity contribution is -0.396. The monoisotopic (exact) mass is 300 g/mol. The van der Waals surface area contributed by atoms with Crippen molar-refractivity contribution >= 4 is 11.7 Å². The molecule has 1 aromatic rings. The minimum absolute atomic E-state index is 0.252. The van der Waals surface area contributed by atoms with Crippen molar-refractivity contribution in [2.75, 3.05) is 13.2 Å². The summed E-state index contributed by atoms with van der Waals surface area (Å²) < 4.78 is 1.38. The molecular formula is C11H20N6O4. The minimum Gasteiger partial charge on any atom is -0.411 e. The summed E-state index contributed by atoms with van der Waals surface area (Å²) in [5.74, 6) is -0.252. The standard InChI is InChI=1S/C11H20N6O4/c1-11(2,15-21-8-4-12)9(14-18)3-6-16-7-5-13-10(16)17(19)20/h5,7,15,18H,3-4,6,8,12H2,1-2H3.